The number of rotatable bonds is 8. The van der Waals surface area contributed by atoms with Gasteiger partial charge in [-0.3, -0.25) is 23.4 Å². The Morgan fingerprint density at radius 3 is 2.72 bits per heavy atom. The lowest BCUT2D eigenvalue weighted by atomic mass is 9.91. The van der Waals surface area contributed by atoms with E-state index in [0.29, 0.717) is 11.2 Å². The van der Waals surface area contributed by atoms with Crippen molar-refractivity contribution < 1.29 is 37.6 Å². The predicted octanol–water partition coefficient (Wildman–Crippen LogP) is -0.727. The van der Waals surface area contributed by atoms with Gasteiger partial charge in [0, 0.05) is 5.92 Å². The molecule has 0 spiro atoms. The van der Waals surface area contributed by atoms with Gasteiger partial charge in [0.05, 0.1) is 32.5 Å². The maximum absolute atomic E-state index is 15.5. The summed E-state index contributed by atoms with van der Waals surface area (Å²) < 4.78 is 47.9. The van der Waals surface area contributed by atoms with Crippen molar-refractivity contribution in [2.45, 2.75) is 49.5 Å². The van der Waals surface area contributed by atoms with Gasteiger partial charge in [-0.2, -0.15) is 4.98 Å². The van der Waals surface area contributed by atoms with E-state index in [1.807, 2.05) is 6.92 Å². The molecule has 1 unspecified atom stereocenters. The van der Waals surface area contributed by atoms with Crippen molar-refractivity contribution in [2.24, 2.45) is 5.92 Å². The third-order valence-electron chi connectivity index (χ3n) is 8.04. The third kappa shape index (κ3) is 4.52. The molecule has 7 N–H and O–H groups in total. The lowest BCUT2D eigenvalue weighted by Crippen LogP contribution is -2.42. The molecule has 0 aliphatic carbocycles. The number of fused-ring (bicyclic) bond motifs is 4. The van der Waals surface area contributed by atoms with E-state index >= 15 is 4.39 Å². The van der Waals surface area contributed by atoms with Crippen molar-refractivity contribution in [1.82, 2.24) is 39.0 Å². The van der Waals surface area contributed by atoms with Crippen LogP contribution in [0.3, 0.4) is 0 Å². The number of anilines is 2. The molecule has 4 aromatic rings. The molecule has 3 saturated heterocycles. The number of aromatic amines is 1. The number of aromatic nitrogens is 8. The molecule has 4 aromatic heterocycles. The molecule has 43 heavy (non-hydrogen) atoms. The van der Waals surface area contributed by atoms with Crippen LogP contribution in [0.2, 0.25) is 0 Å². The molecule has 0 aromatic carbocycles. The normalized spacial score (nSPS) is 33.5. The van der Waals surface area contributed by atoms with Gasteiger partial charge < -0.3 is 40.2 Å². The third-order valence-corrected chi connectivity index (χ3v) is 9.58. The SMILES string of the molecule is C[C@H]1[C@H]2OC[C@]1(COP(O)(=S)O[C@@H]1[C@@H](F)[C@@H](CO)O[C@H]1n1cnc3c(=O)[nH]c(N)nc31)O[C@H]2n1cnc2c(N)ncnc21. The quantitative estimate of drug-likeness (QED) is 0.149. The van der Waals surface area contributed by atoms with Gasteiger partial charge in [0.2, 0.25) is 5.95 Å². The van der Waals surface area contributed by atoms with Gasteiger partial charge >= 0.3 is 6.72 Å². The lowest BCUT2D eigenvalue weighted by molar-refractivity contribution is -0.182. The first-order valence-corrected chi connectivity index (χ1v) is 15.6. The van der Waals surface area contributed by atoms with Crippen molar-refractivity contribution in [2.75, 3.05) is 31.3 Å². The maximum Gasteiger partial charge on any atom is 0.325 e. The number of imidazole rings is 2. The Hall–Kier alpha value is -3.20. The Bertz CT molecular complexity index is 1820. The largest absolute Gasteiger partial charge is 0.394 e. The number of alkyl halides is 1. The Morgan fingerprint density at radius 2 is 1.95 bits per heavy atom. The summed E-state index contributed by atoms with van der Waals surface area (Å²) in [6.45, 7) is -3.11. The van der Waals surface area contributed by atoms with Gasteiger partial charge in [0.1, 0.15) is 35.8 Å². The smallest absolute Gasteiger partial charge is 0.325 e. The molecule has 2 bridgehead atoms. The number of aliphatic hydroxyl groups excluding tert-OH is 1. The first-order valence-electron chi connectivity index (χ1n) is 13.0. The molecular weight excluding hydrogens is 614 g/mol. The highest BCUT2D eigenvalue weighted by Gasteiger charge is 2.61. The number of nitrogen functional groups attached to an aromatic ring is 2. The Kier molecular flexibility index (Phi) is 6.76. The summed E-state index contributed by atoms with van der Waals surface area (Å²) in [6, 6.07) is 0. The highest BCUT2D eigenvalue weighted by molar-refractivity contribution is 8.07. The summed E-state index contributed by atoms with van der Waals surface area (Å²) in [7, 11) is 0. The topological polar surface area (TPSA) is 246 Å². The van der Waals surface area contributed by atoms with Gasteiger partial charge in [0.15, 0.2) is 41.3 Å². The number of nitrogens with zero attached hydrogens (tertiary/aromatic N) is 7. The van der Waals surface area contributed by atoms with Crippen molar-refractivity contribution in [3.8, 4) is 0 Å². The van der Waals surface area contributed by atoms with Crippen LogP contribution in [0.25, 0.3) is 22.3 Å². The summed E-state index contributed by atoms with van der Waals surface area (Å²) in [5.74, 6) is -0.220. The van der Waals surface area contributed by atoms with Crippen LogP contribution < -0.4 is 17.0 Å². The fraction of sp³-hybridized carbons (Fsp3) is 0.545. The first-order chi connectivity index (χ1) is 20.5. The van der Waals surface area contributed by atoms with Crippen LogP contribution >= 0.6 is 6.72 Å². The number of hydrogen-bond acceptors (Lipinski definition) is 15. The predicted molar refractivity (Wildman–Crippen MR) is 147 cm³/mol. The number of nitrogens with two attached hydrogens (primary N) is 2. The van der Waals surface area contributed by atoms with Crippen LogP contribution in [-0.4, -0.2) is 98.9 Å². The van der Waals surface area contributed by atoms with Gasteiger partial charge in [-0.05, 0) is 11.8 Å². The zero-order chi connectivity index (χ0) is 30.3. The van der Waals surface area contributed by atoms with Gasteiger partial charge in [-0.1, -0.05) is 6.92 Å². The maximum atomic E-state index is 15.5. The Morgan fingerprint density at radius 1 is 1.21 bits per heavy atom. The molecule has 21 heteroatoms. The molecule has 3 aliphatic rings. The average Bonchev–Trinajstić information content (AvgIpc) is 3.77. The molecule has 0 radical (unpaired) electrons. The van der Waals surface area contributed by atoms with E-state index in [0.717, 1.165) is 0 Å². The van der Waals surface area contributed by atoms with Crippen LogP contribution in [0.5, 0.6) is 0 Å². The molecular formula is C22H26FN10O8PS. The van der Waals surface area contributed by atoms with Crippen LogP contribution in [0.15, 0.2) is 23.8 Å². The molecule has 3 fully saturated rings. The fourth-order valence-electron chi connectivity index (χ4n) is 5.75. The van der Waals surface area contributed by atoms with Crippen molar-refractivity contribution in [1.29, 1.82) is 0 Å². The van der Waals surface area contributed by atoms with Crippen LogP contribution in [-0.2, 0) is 35.1 Å². The minimum absolute atomic E-state index is 0.0240. The highest BCUT2D eigenvalue weighted by atomic mass is 32.5. The monoisotopic (exact) mass is 640 g/mol. The molecule has 0 saturated carbocycles. The van der Waals surface area contributed by atoms with Crippen molar-refractivity contribution in [3.63, 3.8) is 0 Å². The summed E-state index contributed by atoms with van der Waals surface area (Å²) in [6.07, 6.45) is -3.23. The van der Waals surface area contributed by atoms with E-state index in [2.05, 4.69) is 29.9 Å². The van der Waals surface area contributed by atoms with E-state index < -0.39 is 61.4 Å². The number of hydrogen-bond donors (Lipinski definition) is 5. The standard InChI is InChI=1S/C22H26FN10O8PS/c1-8-13-20(32-6-28-11-15(24)26-5-27-16(11)32)40-22(8,3-37-13)4-38-42(36,43)41-14-10(23)9(2-34)39-19(14)33-7-29-12-17(33)30-21(25)31-18(12)35/h5-10,13-14,19-20,34H,2-4H2,1H3,(H,36,43)(H2,24,26,27)(H3,25,30,31,35)/t8-,9+,10-,13+,14+,19+,20+,22+,42?/m0/s1. The fourth-order valence-corrected chi connectivity index (χ4v) is 7.18. The Labute approximate surface area is 245 Å². The number of ether oxygens (including phenoxy) is 3. The summed E-state index contributed by atoms with van der Waals surface area (Å²) in [4.78, 5) is 46.2. The van der Waals surface area contributed by atoms with Gasteiger partial charge in [-0.15, -0.1) is 0 Å². The molecule has 7 rings (SSSR count). The molecule has 9 atom stereocenters. The van der Waals surface area contributed by atoms with E-state index in [1.54, 1.807) is 4.57 Å². The molecule has 18 nitrogen and oxygen atoms in total. The molecule has 3 aliphatic heterocycles. The molecule has 7 heterocycles. The number of aliphatic hydroxyl groups is 1. The second-order valence-electron chi connectivity index (χ2n) is 10.5. The first kappa shape index (κ1) is 28.6. The summed E-state index contributed by atoms with van der Waals surface area (Å²) >= 11 is 5.28. The van der Waals surface area contributed by atoms with Gasteiger partial charge in [-0.25, -0.2) is 24.3 Å². The van der Waals surface area contributed by atoms with Crippen LogP contribution in [0.4, 0.5) is 16.2 Å². The van der Waals surface area contributed by atoms with Crippen LogP contribution in [0.1, 0.15) is 19.4 Å². The van der Waals surface area contributed by atoms with Crippen molar-refractivity contribution >= 4 is 52.6 Å². The summed E-state index contributed by atoms with van der Waals surface area (Å²) in [5.41, 5.74) is 10.7. The zero-order valence-corrected chi connectivity index (χ0v) is 24.0. The summed E-state index contributed by atoms with van der Waals surface area (Å²) in [5, 5.41) is 9.70. The number of halogens is 1. The number of nitrogens with one attached hydrogen (secondary N) is 1. The second kappa shape index (κ2) is 10.2. The van der Waals surface area contributed by atoms with Gasteiger partial charge in [0.25, 0.3) is 5.56 Å². The zero-order valence-electron chi connectivity index (χ0n) is 22.3. The minimum Gasteiger partial charge on any atom is -0.394 e. The molecule has 230 valence electrons. The van der Waals surface area contributed by atoms with E-state index in [4.69, 9.17) is 46.5 Å². The van der Waals surface area contributed by atoms with E-state index in [9.17, 15) is 14.8 Å². The highest BCUT2D eigenvalue weighted by Crippen LogP contribution is 2.55. The molecule has 0 amide bonds. The Balaban J connectivity index is 1.11. The lowest BCUT2D eigenvalue weighted by Gasteiger charge is -2.33. The minimum atomic E-state index is -4.18. The average molecular weight is 641 g/mol. The van der Waals surface area contributed by atoms with E-state index in [1.165, 1.54) is 23.5 Å². The van der Waals surface area contributed by atoms with Crippen LogP contribution in [0, 0.1) is 5.92 Å². The number of H-pyrrole nitrogens is 1. The second-order valence-corrected chi connectivity index (χ2v) is 13.3. The van der Waals surface area contributed by atoms with Crippen molar-refractivity contribution in [3.05, 3.63) is 29.3 Å². The van der Waals surface area contributed by atoms with E-state index in [-0.39, 0.29) is 42.1 Å².